The van der Waals surface area contributed by atoms with Crippen LogP contribution in [0.2, 0.25) is 0 Å². The van der Waals surface area contributed by atoms with Crippen LogP contribution in [0.5, 0.6) is 0 Å². The van der Waals surface area contributed by atoms with Gasteiger partial charge in [-0.1, -0.05) is 44.2 Å². The minimum atomic E-state index is 1.18. The van der Waals surface area contributed by atoms with Crippen LogP contribution in [-0.4, -0.2) is 4.98 Å². The third-order valence-corrected chi connectivity index (χ3v) is 2.12. The predicted molar refractivity (Wildman–Crippen MR) is 65.8 cm³/mol. The molecule has 1 heterocycles. The molecule has 0 fully saturated rings. The first kappa shape index (κ1) is 11.4. The van der Waals surface area contributed by atoms with Crippen LogP contribution < -0.4 is 0 Å². The van der Waals surface area contributed by atoms with Gasteiger partial charge in [0.1, 0.15) is 0 Å². The van der Waals surface area contributed by atoms with E-state index in [9.17, 15) is 0 Å². The summed E-state index contributed by atoms with van der Waals surface area (Å²) in [5, 5.41) is 0. The molecule has 0 saturated carbocycles. The van der Waals surface area contributed by atoms with E-state index in [0.717, 1.165) is 0 Å². The maximum absolute atomic E-state index is 4.10. The molecule has 0 spiro atoms. The van der Waals surface area contributed by atoms with Crippen molar-refractivity contribution < 1.29 is 0 Å². The van der Waals surface area contributed by atoms with Gasteiger partial charge in [-0.2, -0.15) is 0 Å². The number of aromatic nitrogens is 1. The molecule has 0 N–H and O–H groups in total. The molecule has 0 aliphatic rings. The predicted octanol–water partition coefficient (Wildman–Crippen LogP) is 4.08. The summed E-state index contributed by atoms with van der Waals surface area (Å²) in [6.07, 6.45) is 3.68. The second-order valence-corrected chi connectivity index (χ2v) is 3.06. The lowest BCUT2D eigenvalue weighted by Gasteiger charge is -2.03. The number of rotatable bonds is 1. The number of hydrogen-bond acceptors (Lipinski definition) is 1. The fourth-order valence-electron chi connectivity index (χ4n) is 1.42. The van der Waals surface area contributed by atoms with Crippen LogP contribution in [0.25, 0.3) is 11.1 Å². The van der Waals surface area contributed by atoms with Gasteiger partial charge in [-0.3, -0.25) is 4.98 Å². The van der Waals surface area contributed by atoms with Crippen LogP contribution in [0.3, 0.4) is 0 Å². The zero-order valence-corrected chi connectivity index (χ0v) is 9.57. The van der Waals surface area contributed by atoms with Crippen molar-refractivity contribution in [2.24, 2.45) is 0 Å². The van der Waals surface area contributed by atoms with Gasteiger partial charge in [0, 0.05) is 18.0 Å². The van der Waals surface area contributed by atoms with Crippen molar-refractivity contribution in [2.75, 3.05) is 0 Å². The standard InChI is InChI=1S/C12H11N.C2H6/c1-10-5-2-3-7-12(10)11-6-4-8-13-9-11;1-2/h2-9H,1H3;1-2H3. The molecular weight excluding hydrogens is 182 g/mol. The molecule has 15 heavy (non-hydrogen) atoms. The highest BCUT2D eigenvalue weighted by Crippen LogP contribution is 2.21. The van der Waals surface area contributed by atoms with Crippen molar-refractivity contribution in [2.45, 2.75) is 20.8 Å². The van der Waals surface area contributed by atoms with Crippen LogP contribution in [0.15, 0.2) is 48.8 Å². The molecule has 0 amide bonds. The molecule has 2 aromatic rings. The highest BCUT2D eigenvalue weighted by Gasteiger charge is 1.98. The third kappa shape index (κ3) is 2.91. The van der Waals surface area contributed by atoms with Crippen molar-refractivity contribution in [3.63, 3.8) is 0 Å². The molecule has 0 radical (unpaired) electrons. The van der Waals surface area contributed by atoms with Crippen LogP contribution in [0.1, 0.15) is 19.4 Å². The first-order valence-electron chi connectivity index (χ1n) is 5.34. The van der Waals surface area contributed by atoms with E-state index in [2.05, 4.69) is 42.2 Å². The summed E-state index contributed by atoms with van der Waals surface area (Å²) >= 11 is 0. The Labute approximate surface area is 91.8 Å². The van der Waals surface area contributed by atoms with Gasteiger partial charge in [0.15, 0.2) is 0 Å². The molecule has 1 nitrogen and oxygen atoms in total. The number of pyridine rings is 1. The molecule has 1 aromatic heterocycles. The maximum atomic E-state index is 4.10. The maximum Gasteiger partial charge on any atom is 0.0346 e. The van der Waals surface area contributed by atoms with E-state index >= 15 is 0 Å². The summed E-state index contributed by atoms with van der Waals surface area (Å²) in [7, 11) is 0. The van der Waals surface area contributed by atoms with Gasteiger partial charge >= 0.3 is 0 Å². The monoisotopic (exact) mass is 199 g/mol. The Morgan fingerprint density at radius 2 is 1.67 bits per heavy atom. The van der Waals surface area contributed by atoms with Crippen molar-refractivity contribution in [3.05, 3.63) is 54.4 Å². The Kier molecular flexibility index (Phi) is 4.55. The van der Waals surface area contributed by atoms with Gasteiger partial charge in [-0.05, 0) is 24.1 Å². The summed E-state index contributed by atoms with van der Waals surface area (Å²) in [6.45, 7) is 6.11. The summed E-state index contributed by atoms with van der Waals surface area (Å²) in [5.41, 5.74) is 3.73. The van der Waals surface area contributed by atoms with Gasteiger partial charge in [0.25, 0.3) is 0 Å². The zero-order chi connectivity index (χ0) is 11.1. The molecule has 1 aromatic carbocycles. The minimum absolute atomic E-state index is 1.18. The molecule has 2 rings (SSSR count). The Morgan fingerprint density at radius 3 is 2.27 bits per heavy atom. The van der Waals surface area contributed by atoms with Gasteiger partial charge in [0.2, 0.25) is 0 Å². The lowest BCUT2D eigenvalue weighted by atomic mass is 10.0. The average Bonchev–Trinajstić information content (AvgIpc) is 2.33. The second-order valence-electron chi connectivity index (χ2n) is 3.06. The SMILES string of the molecule is CC.Cc1ccccc1-c1cccnc1. The number of nitrogens with zero attached hydrogens (tertiary/aromatic N) is 1. The highest BCUT2D eigenvalue weighted by atomic mass is 14.6. The summed E-state index contributed by atoms with van der Waals surface area (Å²) in [4.78, 5) is 4.10. The number of benzene rings is 1. The Hall–Kier alpha value is -1.63. The van der Waals surface area contributed by atoms with Crippen molar-refractivity contribution in [1.82, 2.24) is 4.98 Å². The minimum Gasteiger partial charge on any atom is -0.264 e. The lowest BCUT2D eigenvalue weighted by molar-refractivity contribution is 1.32. The Balaban J connectivity index is 0.000000531. The fourth-order valence-corrected chi connectivity index (χ4v) is 1.42. The van der Waals surface area contributed by atoms with Gasteiger partial charge in [0.05, 0.1) is 0 Å². The molecule has 0 bridgehead atoms. The van der Waals surface area contributed by atoms with E-state index in [1.807, 2.05) is 26.1 Å². The van der Waals surface area contributed by atoms with Crippen LogP contribution in [0.4, 0.5) is 0 Å². The molecule has 0 saturated heterocycles. The van der Waals surface area contributed by atoms with Gasteiger partial charge in [-0.25, -0.2) is 0 Å². The molecule has 0 atom stereocenters. The summed E-state index contributed by atoms with van der Waals surface area (Å²) < 4.78 is 0. The Bertz CT molecular complexity index is 393. The van der Waals surface area contributed by atoms with Gasteiger partial charge < -0.3 is 0 Å². The quantitative estimate of drug-likeness (QED) is 0.674. The Morgan fingerprint density at radius 1 is 0.933 bits per heavy atom. The normalized spacial score (nSPS) is 9.00. The first-order chi connectivity index (χ1) is 7.38. The largest absolute Gasteiger partial charge is 0.264 e. The van der Waals surface area contributed by atoms with E-state index in [0.29, 0.717) is 0 Å². The van der Waals surface area contributed by atoms with E-state index in [-0.39, 0.29) is 0 Å². The van der Waals surface area contributed by atoms with Crippen LogP contribution in [-0.2, 0) is 0 Å². The third-order valence-electron chi connectivity index (χ3n) is 2.12. The summed E-state index contributed by atoms with van der Waals surface area (Å²) in [5.74, 6) is 0. The van der Waals surface area contributed by atoms with Gasteiger partial charge in [-0.15, -0.1) is 0 Å². The van der Waals surface area contributed by atoms with Crippen LogP contribution in [0, 0.1) is 6.92 Å². The first-order valence-corrected chi connectivity index (χ1v) is 5.34. The zero-order valence-electron chi connectivity index (χ0n) is 9.57. The molecule has 0 aliphatic heterocycles. The number of hydrogen-bond donors (Lipinski definition) is 0. The van der Waals surface area contributed by atoms with Crippen LogP contribution >= 0.6 is 0 Å². The van der Waals surface area contributed by atoms with Crippen molar-refractivity contribution in [3.8, 4) is 11.1 Å². The second kappa shape index (κ2) is 5.97. The van der Waals surface area contributed by atoms with E-state index in [4.69, 9.17) is 0 Å². The number of aryl methyl sites for hydroxylation is 1. The summed E-state index contributed by atoms with van der Waals surface area (Å²) in [6, 6.07) is 12.4. The molecule has 78 valence electrons. The van der Waals surface area contributed by atoms with Crippen molar-refractivity contribution in [1.29, 1.82) is 0 Å². The van der Waals surface area contributed by atoms with E-state index < -0.39 is 0 Å². The molecular formula is C14H17N. The molecule has 1 heteroatoms. The molecule has 0 unspecified atom stereocenters. The fraction of sp³-hybridized carbons (Fsp3) is 0.214. The van der Waals surface area contributed by atoms with E-state index in [1.54, 1.807) is 6.20 Å². The average molecular weight is 199 g/mol. The highest BCUT2D eigenvalue weighted by molar-refractivity contribution is 5.65. The van der Waals surface area contributed by atoms with E-state index in [1.165, 1.54) is 16.7 Å². The topological polar surface area (TPSA) is 12.9 Å². The van der Waals surface area contributed by atoms with Crippen molar-refractivity contribution >= 4 is 0 Å². The lowest BCUT2D eigenvalue weighted by Crippen LogP contribution is -1.82. The molecule has 0 aliphatic carbocycles. The smallest absolute Gasteiger partial charge is 0.0346 e.